The molecule has 0 radical (unpaired) electrons. The fourth-order valence-corrected chi connectivity index (χ4v) is 13.9. The molecule has 28 heavy (non-hydrogen) atoms. The van der Waals surface area contributed by atoms with Crippen molar-refractivity contribution in [3.05, 3.63) is 48.5 Å². The van der Waals surface area contributed by atoms with Gasteiger partial charge in [0.15, 0.2) is 0 Å². The number of rotatable bonds is 9. The van der Waals surface area contributed by atoms with Gasteiger partial charge in [-0.2, -0.15) is 0 Å². The van der Waals surface area contributed by atoms with Gasteiger partial charge in [-0.15, -0.1) is 0 Å². The molecule has 2 rings (SSSR count). The van der Waals surface area contributed by atoms with Crippen molar-refractivity contribution >= 4 is 96.4 Å². The van der Waals surface area contributed by atoms with E-state index in [1.807, 2.05) is 50.2 Å². The van der Waals surface area contributed by atoms with Crippen molar-refractivity contribution < 1.29 is 9.59 Å². The zero-order valence-corrected chi connectivity index (χ0v) is 23.4. The Balaban J connectivity index is 2.11. The summed E-state index contributed by atoms with van der Waals surface area (Å²) in [7, 11) is 0. The second-order valence-corrected chi connectivity index (χ2v) is 17.9. The van der Waals surface area contributed by atoms with E-state index in [4.69, 9.17) is 0 Å². The fourth-order valence-electron chi connectivity index (χ4n) is 2.17. The van der Waals surface area contributed by atoms with Crippen molar-refractivity contribution in [3.8, 4) is 0 Å². The van der Waals surface area contributed by atoms with E-state index in [1.54, 1.807) is 0 Å². The van der Waals surface area contributed by atoms with Crippen molar-refractivity contribution in [2.24, 2.45) is 0 Å². The average molecular weight is 737 g/mol. The third-order valence-electron chi connectivity index (χ3n) is 3.80. The maximum atomic E-state index is 12.3. The molecule has 4 nitrogen and oxygen atoms in total. The van der Waals surface area contributed by atoms with Crippen LogP contribution in [0.5, 0.6) is 0 Å². The molecule has 0 saturated carbocycles. The van der Waals surface area contributed by atoms with E-state index >= 15 is 0 Å². The van der Waals surface area contributed by atoms with Crippen molar-refractivity contribution in [3.63, 3.8) is 0 Å². The van der Waals surface area contributed by atoms with Crippen molar-refractivity contribution in [1.82, 2.24) is 0 Å². The van der Waals surface area contributed by atoms with Crippen LogP contribution in [-0.4, -0.2) is 55.6 Å². The Hall–Kier alpha value is -0.0808. The monoisotopic (exact) mass is 740 g/mol. The molecule has 2 unspecified atom stereocenters. The molecule has 0 aliphatic rings. The van der Waals surface area contributed by atoms with Crippen molar-refractivity contribution in [2.45, 2.75) is 36.3 Å². The molecule has 2 amide bonds. The van der Waals surface area contributed by atoms with Crippen molar-refractivity contribution in [2.75, 3.05) is 10.6 Å². The maximum absolute atomic E-state index is 12.3. The first-order valence-corrected chi connectivity index (χ1v) is 20.4. The predicted octanol–water partition coefficient (Wildman–Crippen LogP) is 3.18. The number of hydrogen-bond acceptors (Lipinski definition) is 2. The first-order chi connectivity index (χ1) is 13.5. The van der Waals surface area contributed by atoms with Crippen LogP contribution in [0.1, 0.15) is 26.7 Å². The SMILES string of the molecule is CCC(Br)C(=O)Nc1ccccc1[Te][Te]c1ccccc1NC(=O)C(Br)CC. The van der Waals surface area contributed by atoms with Crippen LogP contribution in [0.2, 0.25) is 0 Å². The molecule has 2 aromatic carbocycles. The topological polar surface area (TPSA) is 58.2 Å². The molecule has 0 fully saturated rings. The number of carbonyl (C=O) groups is 2. The minimum atomic E-state index is -0.463. The van der Waals surface area contributed by atoms with Crippen LogP contribution in [0.4, 0.5) is 11.4 Å². The molecule has 2 N–H and O–H groups in total. The van der Waals surface area contributed by atoms with Crippen LogP contribution in [0.25, 0.3) is 0 Å². The van der Waals surface area contributed by atoms with E-state index in [2.05, 4.69) is 54.6 Å². The molecule has 0 aliphatic heterocycles. The first kappa shape index (κ1) is 24.2. The normalized spacial score (nSPS) is 12.9. The molecule has 2 aromatic rings. The third-order valence-corrected chi connectivity index (χ3v) is 17.7. The summed E-state index contributed by atoms with van der Waals surface area (Å²) in [4.78, 5) is 24.2. The number of para-hydroxylation sites is 2. The van der Waals surface area contributed by atoms with Gasteiger partial charge in [-0.3, -0.25) is 0 Å². The van der Waals surface area contributed by atoms with Crippen LogP contribution in [0.15, 0.2) is 48.5 Å². The third kappa shape index (κ3) is 7.31. The summed E-state index contributed by atoms with van der Waals surface area (Å²) in [6.45, 7) is 3.96. The number of amides is 2. The van der Waals surface area contributed by atoms with E-state index in [-0.39, 0.29) is 21.5 Å². The summed E-state index contributed by atoms with van der Waals surface area (Å²) in [6.07, 6.45) is 1.50. The second-order valence-electron chi connectivity index (χ2n) is 5.89. The number of halogens is 2. The van der Waals surface area contributed by atoms with Crippen LogP contribution < -0.4 is 17.9 Å². The molecule has 150 valence electrons. The van der Waals surface area contributed by atoms with Crippen LogP contribution >= 0.6 is 31.9 Å². The summed E-state index contributed by atoms with van der Waals surface area (Å²) in [6, 6.07) is 16.1. The average Bonchev–Trinajstić information content (AvgIpc) is 2.72. The molecule has 0 spiro atoms. The Kier molecular flexibility index (Phi) is 10.9. The Morgan fingerprint density at radius 1 is 0.786 bits per heavy atom. The molecule has 0 heterocycles. The van der Waals surface area contributed by atoms with E-state index < -0.39 is 34.1 Å². The Morgan fingerprint density at radius 3 is 1.50 bits per heavy atom. The van der Waals surface area contributed by atoms with Gasteiger partial charge in [-0.05, 0) is 0 Å². The van der Waals surface area contributed by atoms with Crippen LogP contribution in [-0.2, 0) is 9.59 Å². The molecular formula is C20H22Br2N2O2Te2. The zero-order valence-electron chi connectivity index (χ0n) is 15.6. The summed E-state index contributed by atoms with van der Waals surface area (Å²) in [5, 5.41) is 6.12. The van der Waals surface area contributed by atoms with E-state index in [0.29, 0.717) is 0 Å². The minimum absolute atomic E-state index is 0.00129. The number of hydrogen-bond donors (Lipinski definition) is 2. The molecule has 0 bridgehead atoms. The van der Waals surface area contributed by atoms with Gasteiger partial charge in [0.2, 0.25) is 0 Å². The van der Waals surface area contributed by atoms with Gasteiger partial charge in [0, 0.05) is 0 Å². The van der Waals surface area contributed by atoms with Gasteiger partial charge in [0.25, 0.3) is 0 Å². The van der Waals surface area contributed by atoms with E-state index in [0.717, 1.165) is 24.2 Å². The van der Waals surface area contributed by atoms with Gasteiger partial charge in [-0.1, -0.05) is 0 Å². The first-order valence-electron chi connectivity index (χ1n) is 8.88. The molecule has 2 atom stereocenters. The molecular weight excluding hydrogens is 715 g/mol. The quantitative estimate of drug-likeness (QED) is 0.307. The van der Waals surface area contributed by atoms with Crippen LogP contribution in [0, 0.1) is 0 Å². The van der Waals surface area contributed by atoms with Gasteiger partial charge in [-0.25, -0.2) is 0 Å². The number of benzene rings is 2. The molecule has 0 aromatic heterocycles. The Morgan fingerprint density at radius 2 is 1.14 bits per heavy atom. The van der Waals surface area contributed by atoms with E-state index in [9.17, 15) is 9.59 Å². The standard InChI is InChI=1S/C20H22Br2N2O2Te2/c1-3-13(21)19(25)23-15-9-5-7-11-17(15)27-28-18-12-8-6-10-16(18)24-20(26)14(22)4-2/h5-14H,3-4H2,1-2H3,(H,23,25)(H,24,26). The Bertz CT molecular complexity index is 753. The second kappa shape index (κ2) is 12.6. The summed E-state index contributed by atoms with van der Waals surface area (Å²) < 4.78 is 2.51. The number of alkyl halides is 2. The van der Waals surface area contributed by atoms with Gasteiger partial charge >= 0.3 is 201 Å². The zero-order chi connectivity index (χ0) is 20.5. The van der Waals surface area contributed by atoms with Crippen molar-refractivity contribution in [1.29, 1.82) is 0 Å². The van der Waals surface area contributed by atoms with E-state index in [1.165, 1.54) is 7.22 Å². The van der Waals surface area contributed by atoms with Gasteiger partial charge < -0.3 is 0 Å². The summed E-state index contributed by atoms with van der Waals surface area (Å²) in [5.74, 6) is -0.00258. The number of nitrogens with one attached hydrogen (secondary N) is 2. The van der Waals surface area contributed by atoms with Gasteiger partial charge in [0.1, 0.15) is 0 Å². The van der Waals surface area contributed by atoms with Crippen LogP contribution in [0.3, 0.4) is 0 Å². The molecule has 0 aliphatic carbocycles. The summed E-state index contributed by atoms with van der Waals surface area (Å²) in [5.41, 5.74) is 1.84. The predicted molar refractivity (Wildman–Crippen MR) is 127 cm³/mol. The molecule has 8 heteroatoms. The molecule has 0 saturated heterocycles. The number of anilines is 2. The number of carbonyl (C=O) groups excluding carboxylic acids is 2. The Labute approximate surface area is 199 Å². The van der Waals surface area contributed by atoms with Gasteiger partial charge in [0.05, 0.1) is 0 Å². The fraction of sp³-hybridized carbons (Fsp3) is 0.300. The summed E-state index contributed by atoms with van der Waals surface area (Å²) >= 11 is 5.90.